The van der Waals surface area contributed by atoms with Crippen LogP contribution < -0.4 is 4.74 Å². The molecule has 0 saturated carbocycles. The Hall–Kier alpha value is -2.07. The fourth-order valence-electron chi connectivity index (χ4n) is 1.91. The first-order valence-corrected chi connectivity index (χ1v) is 6.91. The smallest absolute Gasteiger partial charge is 0.161 e. The third-order valence-corrected chi connectivity index (χ3v) is 3.89. The van der Waals surface area contributed by atoms with Crippen molar-refractivity contribution in [1.82, 2.24) is 4.98 Å². The van der Waals surface area contributed by atoms with Gasteiger partial charge in [0.2, 0.25) is 0 Å². The van der Waals surface area contributed by atoms with E-state index in [0.29, 0.717) is 12.4 Å². The quantitative estimate of drug-likeness (QED) is 0.781. The Kier molecular flexibility index (Phi) is 3.09. The minimum atomic E-state index is 0.159. The maximum Gasteiger partial charge on any atom is 0.161 e. The maximum absolute atomic E-state index is 9.71. The summed E-state index contributed by atoms with van der Waals surface area (Å²) in [5.41, 5.74) is 1.95. The molecule has 3 nitrogen and oxygen atoms in total. The molecule has 0 amide bonds. The van der Waals surface area contributed by atoms with Gasteiger partial charge < -0.3 is 9.84 Å². The van der Waals surface area contributed by atoms with E-state index in [-0.39, 0.29) is 5.75 Å². The van der Waals surface area contributed by atoms with E-state index >= 15 is 0 Å². The van der Waals surface area contributed by atoms with Gasteiger partial charge in [0.05, 0.1) is 16.8 Å². The third kappa shape index (κ3) is 2.27. The largest absolute Gasteiger partial charge is 0.504 e. The van der Waals surface area contributed by atoms with Gasteiger partial charge in [0, 0.05) is 5.56 Å². The lowest BCUT2D eigenvalue weighted by molar-refractivity contribution is 0.318. The van der Waals surface area contributed by atoms with E-state index in [9.17, 15) is 5.11 Å². The molecular formula is C15H13NO2S. The number of para-hydroxylation sites is 1. The minimum absolute atomic E-state index is 0.159. The summed E-state index contributed by atoms with van der Waals surface area (Å²) in [7, 11) is 0. The van der Waals surface area contributed by atoms with Gasteiger partial charge in [-0.25, -0.2) is 4.98 Å². The summed E-state index contributed by atoms with van der Waals surface area (Å²) in [5.74, 6) is 0.658. The van der Waals surface area contributed by atoms with Crippen LogP contribution in [-0.2, 0) is 0 Å². The molecule has 1 N–H and O–H groups in total. The molecule has 2 aromatic carbocycles. The molecule has 0 spiro atoms. The van der Waals surface area contributed by atoms with Crippen LogP contribution in [0.3, 0.4) is 0 Å². The molecule has 19 heavy (non-hydrogen) atoms. The van der Waals surface area contributed by atoms with Crippen molar-refractivity contribution in [1.29, 1.82) is 0 Å². The summed E-state index contributed by atoms with van der Waals surface area (Å²) in [5, 5.41) is 10.6. The Morgan fingerprint density at radius 2 is 2.05 bits per heavy atom. The second kappa shape index (κ2) is 4.90. The van der Waals surface area contributed by atoms with Gasteiger partial charge in [-0.15, -0.1) is 11.3 Å². The highest BCUT2D eigenvalue weighted by Gasteiger charge is 2.09. The van der Waals surface area contributed by atoms with Gasteiger partial charge in [-0.1, -0.05) is 12.1 Å². The number of hydrogen-bond donors (Lipinski definition) is 1. The minimum Gasteiger partial charge on any atom is -0.504 e. The first-order chi connectivity index (χ1) is 9.28. The van der Waals surface area contributed by atoms with Gasteiger partial charge in [-0.05, 0) is 37.3 Å². The summed E-state index contributed by atoms with van der Waals surface area (Å²) in [6.45, 7) is 2.42. The average molecular weight is 271 g/mol. The van der Waals surface area contributed by atoms with Gasteiger partial charge in [0.15, 0.2) is 11.5 Å². The number of phenolic OH excluding ortho intramolecular Hbond substituents is 1. The number of fused-ring (bicyclic) bond motifs is 1. The van der Waals surface area contributed by atoms with E-state index in [1.807, 2.05) is 37.3 Å². The molecule has 0 fully saturated rings. The van der Waals surface area contributed by atoms with E-state index in [2.05, 4.69) is 11.1 Å². The Morgan fingerprint density at radius 3 is 2.84 bits per heavy atom. The highest BCUT2D eigenvalue weighted by molar-refractivity contribution is 7.21. The van der Waals surface area contributed by atoms with Crippen molar-refractivity contribution in [2.24, 2.45) is 0 Å². The SMILES string of the molecule is CCOc1cc(-c2nc3ccccc3s2)ccc1O. The summed E-state index contributed by atoms with van der Waals surface area (Å²) < 4.78 is 6.56. The normalized spacial score (nSPS) is 10.8. The van der Waals surface area contributed by atoms with Crippen molar-refractivity contribution in [3.05, 3.63) is 42.5 Å². The summed E-state index contributed by atoms with van der Waals surface area (Å²) >= 11 is 1.63. The molecule has 4 heteroatoms. The topological polar surface area (TPSA) is 42.4 Å². The summed E-state index contributed by atoms with van der Waals surface area (Å²) in [4.78, 5) is 4.60. The lowest BCUT2D eigenvalue weighted by atomic mass is 10.2. The maximum atomic E-state index is 9.71. The molecule has 0 bridgehead atoms. The van der Waals surface area contributed by atoms with Crippen LogP contribution in [0.5, 0.6) is 11.5 Å². The van der Waals surface area contributed by atoms with E-state index in [1.165, 1.54) is 0 Å². The average Bonchev–Trinajstić information content (AvgIpc) is 2.85. The number of phenols is 1. The Morgan fingerprint density at radius 1 is 1.21 bits per heavy atom. The van der Waals surface area contributed by atoms with Gasteiger partial charge in [0.25, 0.3) is 0 Å². The van der Waals surface area contributed by atoms with Crippen LogP contribution in [0.15, 0.2) is 42.5 Å². The lowest BCUT2D eigenvalue weighted by Crippen LogP contribution is -1.92. The molecule has 3 aromatic rings. The zero-order chi connectivity index (χ0) is 13.2. The summed E-state index contributed by atoms with van der Waals surface area (Å²) in [6, 6.07) is 13.4. The summed E-state index contributed by atoms with van der Waals surface area (Å²) in [6.07, 6.45) is 0. The number of aromatic hydroxyl groups is 1. The van der Waals surface area contributed by atoms with Gasteiger partial charge in [-0.2, -0.15) is 0 Å². The number of thiazole rings is 1. The molecule has 1 heterocycles. The number of ether oxygens (including phenoxy) is 1. The van der Waals surface area contributed by atoms with Crippen molar-refractivity contribution < 1.29 is 9.84 Å². The number of hydrogen-bond acceptors (Lipinski definition) is 4. The van der Waals surface area contributed by atoms with E-state index in [1.54, 1.807) is 17.4 Å². The predicted octanol–water partition coefficient (Wildman–Crippen LogP) is 4.07. The monoisotopic (exact) mass is 271 g/mol. The Bertz CT molecular complexity index is 688. The second-order valence-corrected chi connectivity index (χ2v) is 5.13. The number of benzene rings is 2. The molecule has 1 aromatic heterocycles. The molecule has 0 aliphatic rings. The zero-order valence-electron chi connectivity index (χ0n) is 10.5. The van der Waals surface area contributed by atoms with Crippen molar-refractivity contribution in [3.8, 4) is 22.1 Å². The first kappa shape index (κ1) is 12.0. The molecule has 0 aliphatic heterocycles. The molecule has 0 unspecified atom stereocenters. The first-order valence-electron chi connectivity index (χ1n) is 6.09. The Balaban J connectivity index is 2.08. The van der Waals surface area contributed by atoms with Crippen molar-refractivity contribution >= 4 is 21.6 Å². The number of aromatic nitrogens is 1. The van der Waals surface area contributed by atoms with E-state index < -0.39 is 0 Å². The van der Waals surface area contributed by atoms with Crippen LogP contribution in [0.4, 0.5) is 0 Å². The van der Waals surface area contributed by atoms with Crippen LogP contribution in [0.2, 0.25) is 0 Å². The van der Waals surface area contributed by atoms with Crippen molar-refractivity contribution in [3.63, 3.8) is 0 Å². The van der Waals surface area contributed by atoms with Gasteiger partial charge >= 0.3 is 0 Å². The van der Waals surface area contributed by atoms with Crippen LogP contribution in [0.25, 0.3) is 20.8 Å². The van der Waals surface area contributed by atoms with Crippen molar-refractivity contribution in [2.75, 3.05) is 6.61 Å². The molecule has 0 saturated heterocycles. The zero-order valence-corrected chi connectivity index (χ0v) is 11.3. The Labute approximate surface area is 115 Å². The fraction of sp³-hybridized carbons (Fsp3) is 0.133. The number of nitrogens with zero attached hydrogens (tertiary/aromatic N) is 1. The van der Waals surface area contributed by atoms with E-state index in [0.717, 1.165) is 20.8 Å². The standard InChI is InChI=1S/C15H13NO2S/c1-2-18-13-9-10(7-8-12(13)17)15-16-11-5-3-4-6-14(11)19-15/h3-9,17H,2H2,1H3. The van der Waals surface area contributed by atoms with Crippen LogP contribution in [0.1, 0.15) is 6.92 Å². The highest BCUT2D eigenvalue weighted by atomic mass is 32.1. The molecule has 0 aliphatic carbocycles. The lowest BCUT2D eigenvalue weighted by Gasteiger charge is -2.06. The van der Waals surface area contributed by atoms with Crippen LogP contribution >= 0.6 is 11.3 Å². The third-order valence-electron chi connectivity index (χ3n) is 2.80. The van der Waals surface area contributed by atoms with Crippen LogP contribution in [-0.4, -0.2) is 16.7 Å². The van der Waals surface area contributed by atoms with Crippen molar-refractivity contribution in [2.45, 2.75) is 6.92 Å². The second-order valence-electron chi connectivity index (χ2n) is 4.10. The van der Waals surface area contributed by atoms with Gasteiger partial charge in [-0.3, -0.25) is 0 Å². The van der Waals surface area contributed by atoms with Gasteiger partial charge in [0.1, 0.15) is 5.01 Å². The molecule has 3 rings (SSSR count). The van der Waals surface area contributed by atoms with E-state index in [4.69, 9.17) is 4.74 Å². The highest BCUT2D eigenvalue weighted by Crippen LogP contribution is 2.35. The molecule has 0 atom stereocenters. The molecule has 0 radical (unpaired) electrons. The van der Waals surface area contributed by atoms with Crippen LogP contribution in [0, 0.1) is 0 Å². The fourth-order valence-corrected chi connectivity index (χ4v) is 2.88. The predicted molar refractivity (Wildman–Crippen MR) is 77.9 cm³/mol. The number of rotatable bonds is 3. The molecular weight excluding hydrogens is 258 g/mol. The molecule has 96 valence electrons.